The molecular weight excluding hydrogens is 305 g/mol. The summed E-state index contributed by atoms with van der Waals surface area (Å²) in [4.78, 5) is 14.6. The van der Waals surface area contributed by atoms with Gasteiger partial charge in [-0.25, -0.2) is 0 Å². The van der Waals surface area contributed by atoms with E-state index < -0.39 is 0 Å². The summed E-state index contributed by atoms with van der Waals surface area (Å²) < 4.78 is 0. The van der Waals surface area contributed by atoms with Gasteiger partial charge in [0, 0.05) is 18.1 Å². The van der Waals surface area contributed by atoms with E-state index in [9.17, 15) is 4.79 Å². The van der Waals surface area contributed by atoms with Crippen molar-refractivity contribution in [2.24, 2.45) is 0 Å². The van der Waals surface area contributed by atoms with Crippen molar-refractivity contribution in [3.63, 3.8) is 0 Å². The van der Waals surface area contributed by atoms with Crippen LogP contribution in [-0.4, -0.2) is 23.9 Å². The number of hydrogen-bond donors (Lipinski definition) is 0. The SMILES string of the molecule is CCCCCN(CCCCC)C(=O)c1ccc(Cl)cc1Cl. The minimum absolute atomic E-state index is 0.0175. The maximum Gasteiger partial charge on any atom is 0.255 e. The van der Waals surface area contributed by atoms with Gasteiger partial charge in [0.05, 0.1) is 10.6 Å². The molecule has 21 heavy (non-hydrogen) atoms. The van der Waals surface area contributed by atoms with Crippen LogP contribution >= 0.6 is 23.2 Å². The van der Waals surface area contributed by atoms with Gasteiger partial charge >= 0.3 is 0 Å². The topological polar surface area (TPSA) is 20.3 Å². The molecule has 0 unspecified atom stereocenters. The van der Waals surface area contributed by atoms with Crippen LogP contribution in [-0.2, 0) is 0 Å². The van der Waals surface area contributed by atoms with Gasteiger partial charge in [0.1, 0.15) is 0 Å². The fourth-order valence-corrected chi connectivity index (χ4v) is 2.74. The Morgan fingerprint density at radius 1 is 1.00 bits per heavy atom. The number of hydrogen-bond acceptors (Lipinski definition) is 1. The van der Waals surface area contributed by atoms with Crippen molar-refractivity contribution in [3.05, 3.63) is 33.8 Å². The van der Waals surface area contributed by atoms with Crippen molar-refractivity contribution < 1.29 is 4.79 Å². The summed E-state index contributed by atoms with van der Waals surface area (Å²) in [7, 11) is 0. The number of nitrogens with zero attached hydrogens (tertiary/aromatic N) is 1. The molecule has 0 heterocycles. The first kappa shape index (κ1) is 18.3. The van der Waals surface area contributed by atoms with Gasteiger partial charge in [0.2, 0.25) is 0 Å². The molecule has 0 fully saturated rings. The minimum atomic E-state index is 0.0175. The number of halogens is 2. The molecule has 1 rings (SSSR count). The molecule has 118 valence electrons. The van der Waals surface area contributed by atoms with Gasteiger partial charge in [-0.1, -0.05) is 62.7 Å². The lowest BCUT2D eigenvalue weighted by molar-refractivity contribution is 0.0750. The second kappa shape index (κ2) is 10.1. The molecule has 0 saturated heterocycles. The number of amides is 1. The second-order valence-electron chi connectivity index (χ2n) is 5.33. The van der Waals surface area contributed by atoms with Crippen LogP contribution in [0.15, 0.2) is 18.2 Å². The van der Waals surface area contributed by atoms with E-state index in [-0.39, 0.29) is 5.91 Å². The van der Waals surface area contributed by atoms with Crippen LogP contribution in [0.3, 0.4) is 0 Å². The molecule has 1 aromatic carbocycles. The largest absolute Gasteiger partial charge is 0.339 e. The van der Waals surface area contributed by atoms with Gasteiger partial charge in [-0.15, -0.1) is 0 Å². The highest BCUT2D eigenvalue weighted by Gasteiger charge is 2.17. The average molecular weight is 330 g/mol. The van der Waals surface area contributed by atoms with Gasteiger partial charge < -0.3 is 4.90 Å². The highest BCUT2D eigenvalue weighted by molar-refractivity contribution is 6.36. The van der Waals surface area contributed by atoms with E-state index in [2.05, 4.69) is 13.8 Å². The monoisotopic (exact) mass is 329 g/mol. The zero-order valence-corrected chi connectivity index (χ0v) is 14.5. The molecule has 1 amide bonds. The number of carbonyl (C=O) groups excluding carboxylic acids is 1. The van der Waals surface area contributed by atoms with E-state index in [1.165, 1.54) is 0 Å². The van der Waals surface area contributed by atoms with Crippen LogP contribution in [0.2, 0.25) is 10.0 Å². The summed E-state index contributed by atoms with van der Waals surface area (Å²) in [5, 5.41) is 0.989. The van der Waals surface area contributed by atoms with Crippen molar-refractivity contribution in [2.75, 3.05) is 13.1 Å². The van der Waals surface area contributed by atoms with Crippen LogP contribution < -0.4 is 0 Å². The number of unbranched alkanes of at least 4 members (excludes halogenated alkanes) is 4. The first-order valence-corrected chi connectivity index (χ1v) is 8.60. The molecule has 4 heteroatoms. The van der Waals surface area contributed by atoms with Crippen molar-refractivity contribution in [1.29, 1.82) is 0 Å². The molecule has 1 aromatic rings. The Bertz CT molecular complexity index is 438. The minimum Gasteiger partial charge on any atom is -0.339 e. The van der Waals surface area contributed by atoms with Crippen molar-refractivity contribution in [1.82, 2.24) is 4.90 Å². The zero-order valence-electron chi connectivity index (χ0n) is 13.0. The fraction of sp³-hybridized carbons (Fsp3) is 0.588. The first-order valence-electron chi connectivity index (χ1n) is 7.84. The Labute approximate surface area is 138 Å². The van der Waals surface area contributed by atoms with Gasteiger partial charge in [0.15, 0.2) is 0 Å². The molecule has 0 atom stereocenters. The third-order valence-corrected chi connectivity index (χ3v) is 4.06. The lowest BCUT2D eigenvalue weighted by Crippen LogP contribution is -2.33. The van der Waals surface area contributed by atoms with Gasteiger partial charge in [-0.3, -0.25) is 4.79 Å². The van der Waals surface area contributed by atoms with E-state index >= 15 is 0 Å². The second-order valence-corrected chi connectivity index (χ2v) is 6.17. The van der Waals surface area contributed by atoms with Crippen LogP contribution in [0.25, 0.3) is 0 Å². The predicted octanol–water partition coefficient (Wildman–Crippen LogP) is 5.82. The molecule has 0 aromatic heterocycles. The highest BCUT2D eigenvalue weighted by atomic mass is 35.5. The van der Waals surface area contributed by atoms with Gasteiger partial charge in [-0.2, -0.15) is 0 Å². The molecule has 0 spiro atoms. The normalized spacial score (nSPS) is 10.7. The van der Waals surface area contributed by atoms with Crippen LogP contribution in [0.5, 0.6) is 0 Å². The fourth-order valence-electron chi connectivity index (χ4n) is 2.25. The van der Waals surface area contributed by atoms with Gasteiger partial charge in [0.25, 0.3) is 5.91 Å². The van der Waals surface area contributed by atoms with Crippen molar-refractivity contribution in [3.8, 4) is 0 Å². The Hall–Kier alpha value is -0.730. The zero-order chi connectivity index (χ0) is 15.7. The summed E-state index contributed by atoms with van der Waals surface area (Å²) in [6.45, 7) is 5.93. The van der Waals surface area contributed by atoms with Crippen LogP contribution in [0, 0.1) is 0 Å². The first-order chi connectivity index (χ1) is 10.1. The van der Waals surface area contributed by atoms with E-state index in [1.807, 2.05) is 4.90 Å². The Balaban J connectivity index is 2.76. The molecule has 0 saturated carbocycles. The van der Waals surface area contributed by atoms with Crippen molar-refractivity contribution in [2.45, 2.75) is 52.4 Å². The maximum atomic E-state index is 12.7. The summed E-state index contributed by atoms with van der Waals surface area (Å²) in [6, 6.07) is 5.07. The molecule has 0 radical (unpaired) electrons. The van der Waals surface area contributed by atoms with Crippen molar-refractivity contribution >= 4 is 29.1 Å². The summed E-state index contributed by atoms with van der Waals surface area (Å²) in [6.07, 6.45) is 6.67. The van der Waals surface area contributed by atoms with Crippen LogP contribution in [0.4, 0.5) is 0 Å². The summed E-state index contributed by atoms with van der Waals surface area (Å²) >= 11 is 12.1. The number of rotatable bonds is 9. The molecule has 0 aliphatic heterocycles. The molecule has 0 N–H and O–H groups in total. The van der Waals surface area contributed by atoms with Crippen LogP contribution in [0.1, 0.15) is 62.7 Å². The Morgan fingerprint density at radius 2 is 1.57 bits per heavy atom. The van der Waals surface area contributed by atoms with E-state index in [1.54, 1.807) is 18.2 Å². The lowest BCUT2D eigenvalue weighted by atomic mass is 10.1. The van der Waals surface area contributed by atoms with E-state index in [4.69, 9.17) is 23.2 Å². The number of carbonyl (C=O) groups is 1. The highest BCUT2D eigenvalue weighted by Crippen LogP contribution is 2.22. The Morgan fingerprint density at radius 3 is 2.05 bits per heavy atom. The summed E-state index contributed by atoms with van der Waals surface area (Å²) in [5.41, 5.74) is 0.550. The molecule has 0 bridgehead atoms. The molecular formula is C17H25Cl2NO. The molecule has 0 aliphatic rings. The summed E-state index contributed by atoms with van der Waals surface area (Å²) in [5.74, 6) is 0.0175. The number of benzene rings is 1. The quantitative estimate of drug-likeness (QED) is 0.523. The van der Waals surface area contributed by atoms with E-state index in [0.717, 1.165) is 51.6 Å². The van der Waals surface area contributed by atoms with Gasteiger partial charge in [-0.05, 0) is 31.0 Å². The maximum absolute atomic E-state index is 12.7. The van der Waals surface area contributed by atoms with E-state index in [0.29, 0.717) is 15.6 Å². The lowest BCUT2D eigenvalue weighted by Gasteiger charge is -2.23. The average Bonchev–Trinajstić information content (AvgIpc) is 2.45. The smallest absolute Gasteiger partial charge is 0.255 e. The molecule has 0 aliphatic carbocycles. The Kier molecular flexibility index (Phi) is 8.79. The predicted molar refractivity (Wildman–Crippen MR) is 91.4 cm³/mol. The third-order valence-electron chi connectivity index (χ3n) is 3.51. The molecule has 2 nitrogen and oxygen atoms in total. The standard InChI is InChI=1S/C17H25Cl2NO/c1-3-5-7-11-20(12-8-6-4-2)17(21)15-10-9-14(18)13-16(15)19/h9-10,13H,3-8,11-12H2,1-2H3. The third kappa shape index (κ3) is 6.27.